The molecule has 0 spiro atoms. The van der Waals surface area contributed by atoms with Gasteiger partial charge < -0.3 is 10.1 Å². The second-order valence-electron chi connectivity index (χ2n) is 5.35. The molecule has 0 fully saturated rings. The predicted octanol–water partition coefficient (Wildman–Crippen LogP) is 3.23. The maximum absolute atomic E-state index is 11.6. The fraction of sp³-hybridized carbons (Fsp3) is 0.176. The van der Waals surface area contributed by atoms with E-state index in [1.807, 2.05) is 17.5 Å². The van der Waals surface area contributed by atoms with Gasteiger partial charge in [-0.3, -0.25) is 0 Å². The molecular formula is C17H17N3O3S2. The minimum atomic E-state index is -3.23. The van der Waals surface area contributed by atoms with E-state index in [1.165, 1.54) is 11.1 Å². The number of anilines is 1. The molecule has 8 heteroatoms. The molecule has 0 saturated carbocycles. The van der Waals surface area contributed by atoms with Crippen molar-refractivity contribution >= 4 is 27.0 Å². The first kappa shape index (κ1) is 17.4. The van der Waals surface area contributed by atoms with Crippen LogP contribution in [0.15, 0.2) is 52.7 Å². The van der Waals surface area contributed by atoms with Crippen LogP contribution >= 0.6 is 11.3 Å². The van der Waals surface area contributed by atoms with E-state index in [0.29, 0.717) is 29.6 Å². The van der Waals surface area contributed by atoms with Crippen molar-refractivity contribution in [1.82, 2.24) is 9.97 Å². The van der Waals surface area contributed by atoms with Crippen molar-refractivity contribution in [3.8, 4) is 17.3 Å². The van der Waals surface area contributed by atoms with Crippen LogP contribution in [0.3, 0.4) is 0 Å². The van der Waals surface area contributed by atoms with E-state index >= 15 is 0 Å². The summed E-state index contributed by atoms with van der Waals surface area (Å²) < 4.78 is 28.4. The summed E-state index contributed by atoms with van der Waals surface area (Å²) in [5.41, 5.74) is 0.713. The van der Waals surface area contributed by atoms with Crippen molar-refractivity contribution < 1.29 is 13.2 Å². The Labute approximate surface area is 150 Å². The molecule has 0 unspecified atom stereocenters. The number of rotatable bonds is 6. The van der Waals surface area contributed by atoms with Crippen molar-refractivity contribution in [2.24, 2.45) is 0 Å². The first-order valence-corrected chi connectivity index (χ1v) is 10.2. The molecule has 0 aliphatic heterocycles. The van der Waals surface area contributed by atoms with Gasteiger partial charge in [0.2, 0.25) is 5.88 Å². The highest BCUT2D eigenvalue weighted by molar-refractivity contribution is 7.90. The molecule has 130 valence electrons. The van der Waals surface area contributed by atoms with Gasteiger partial charge in [-0.1, -0.05) is 6.07 Å². The smallest absolute Gasteiger partial charge is 0.218 e. The number of sulfone groups is 1. The lowest BCUT2D eigenvalue weighted by Crippen LogP contribution is -2.03. The third-order valence-corrected chi connectivity index (χ3v) is 5.48. The van der Waals surface area contributed by atoms with Crippen LogP contribution in [0.25, 0.3) is 11.4 Å². The molecule has 0 bridgehead atoms. The van der Waals surface area contributed by atoms with Crippen molar-refractivity contribution in [2.45, 2.75) is 11.4 Å². The number of nitrogens with one attached hydrogen (secondary N) is 1. The fourth-order valence-electron chi connectivity index (χ4n) is 2.19. The number of hydrogen-bond acceptors (Lipinski definition) is 7. The summed E-state index contributed by atoms with van der Waals surface area (Å²) in [5.74, 6) is 1.54. The summed E-state index contributed by atoms with van der Waals surface area (Å²) >= 11 is 1.66. The van der Waals surface area contributed by atoms with Crippen LogP contribution in [-0.2, 0) is 16.4 Å². The Morgan fingerprint density at radius 2 is 1.92 bits per heavy atom. The highest BCUT2D eigenvalue weighted by Gasteiger charge is 2.10. The molecular weight excluding hydrogens is 357 g/mol. The van der Waals surface area contributed by atoms with Gasteiger partial charge in [-0.25, -0.2) is 13.4 Å². The number of benzene rings is 1. The summed E-state index contributed by atoms with van der Waals surface area (Å²) in [4.78, 5) is 10.3. The summed E-state index contributed by atoms with van der Waals surface area (Å²) in [6.07, 6.45) is 1.18. The third kappa shape index (κ3) is 4.34. The van der Waals surface area contributed by atoms with Crippen LogP contribution in [0.2, 0.25) is 0 Å². The lowest BCUT2D eigenvalue weighted by Gasteiger charge is -2.09. The highest BCUT2D eigenvalue weighted by atomic mass is 32.2. The molecule has 0 amide bonds. The van der Waals surface area contributed by atoms with E-state index in [-0.39, 0.29) is 4.90 Å². The quantitative estimate of drug-likeness (QED) is 0.713. The zero-order valence-electron chi connectivity index (χ0n) is 13.8. The summed E-state index contributed by atoms with van der Waals surface area (Å²) in [6, 6.07) is 12.2. The normalized spacial score (nSPS) is 11.3. The molecule has 25 heavy (non-hydrogen) atoms. The average Bonchev–Trinajstić information content (AvgIpc) is 3.12. The van der Waals surface area contributed by atoms with Crippen LogP contribution in [0, 0.1) is 0 Å². The Kier molecular flexibility index (Phi) is 5.00. The van der Waals surface area contributed by atoms with Crippen LogP contribution in [0.5, 0.6) is 5.88 Å². The SMILES string of the molecule is CS(=O)(=O)c1ccc(-c2nc(NCc3cccs3)cc(O[11CH3])n2)cc1. The first-order chi connectivity index (χ1) is 12.0. The zero-order chi connectivity index (χ0) is 17.9. The highest BCUT2D eigenvalue weighted by Crippen LogP contribution is 2.23. The Morgan fingerprint density at radius 1 is 1.16 bits per heavy atom. The number of methoxy groups -OCH3 is 1. The van der Waals surface area contributed by atoms with Crippen molar-refractivity contribution in [1.29, 1.82) is 0 Å². The molecule has 0 aliphatic rings. The van der Waals surface area contributed by atoms with Crippen molar-refractivity contribution in [2.75, 3.05) is 18.7 Å². The molecule has 0 atom stereocenters. The average molecular weight is 374 g/mol. The zero-order valence-corrected chi connectivity index (χ0v) is 15.4. The second kappa shape index (κ2) is 7.20. The molecule has 1 N–H and O–H groups in total. The molecule has 0 saturated heterocycles. The standard InChI is InChI=1S/C17H17N3O3S2/c1-23-16-10-15(18-11-13-4-3-9-24-13)19-17(20-16)12-5-7-14(8-6-12)25(2,21)22/h3-10H,11H2,1-2H3,(H,18,19,20)/i1-1. The largest absolute Gasteiger partial charge is 0.481 e. The molecule has 0 aliphatic carbocycles. The first-order valence-electron chi connectivity index (χ1n) is 7.45. The van der Waals surface area contributed by atoms with Crippen molar-refractivity contribution in [3.63, 3.8) is 0 Å². The topological polar surface area (TPSA) is 81.2 Å². The molecule has 3 aromatic rings. The number of nitrogens with zero attached hydrogens (tertiary/aromatic N) is 2. The molecule has 0 radical (unpaired) electrons. The number of hydrogen-bond donors (Lipinski definition) is 1. The van der Waals surface area contributed by atoms with Gasteiger partial charge in [0.05, 0.1) is 18.6 Å². The fourth-order valence-corrected chi connectivity index (χ4v) is 3.47. The van der Waals surface area contributed by atoms with E-state index < -0.39 is 9.84 Å². The summed E-state index contributed by atoms with van der Waals surface area (Å²) in [6.45, 7) is 0.657. The van der Waals surface area contributed by atoms with Crippen molar-refractivity contribution in [3.05, 3.63) is 52.7 Å². The minimum Gasteiger partial charge on any atom is -0.481 e. The Morgan fingerprint density at radius 3 is 2.52 bits per heavy atom. The number of ether oxygens (including phenoxy) is 1. The molecule has 2 aromatic heterocycles. The van der Waals surface area contributed by atoms with E-state index in [2.05, 4.69) is 15.3 Å². The predicted molar refractivity (Wildman–Crippen MR) is 98.8 cm³/mol. The molecule has 2 heterocycles. The monoisotopic (exact) mass is 374 g/mol. The van der Waals surface area contributed by atoms with Crippen LogP contribution in [0.4, 0.5) is 5.82 Å². The van der Waals surface area contributed by atoms with Crippen LogP contribution in [0.1, 0.15) is 4.88 Å². The maximum Gasteiger partial charge on any atom is 0.218 e. The summed E-state index contributed by atoms with van der Waals surface area (Å²) in [7, 11) is -1.69. The molecule has 3 rings (SSSR count). The Balaban J connectivity index is 1.88. The van der Waals surface area contributed by atoms with Gasteiger partial charge in [-0.15, -0.1) is 11.3 Å². The van der Waals surface area contributed by atoms with Gasteiger partial charge in [-0.2, -0.15) is 4.98 Å². The minimum absolute atomic E-state index is 0.259. The van der Waals surface area contributed by atoms with Gasteiger partial charge in [0.25, 0.3) is 0 Å². The summed E-state index contributed by atoms with van der Waals surface area (Å²) in [5, 5.41) is 5.27. The number of thiophene rings is 1. The van der Waals surface area contributed by atoms with Gasteiger partial charge in [0.15, 0.2) is 15.7 Å². The maximum atomic E-state index is 11.6. The van der Waals surface area contributed by atoms with E-state index in [1.54, 1.807) is 48.8 Å². The molecule has 6 nitrogen and oxygen atoms in total. The van der Waals surface area contributed by atoms with E-state index in [0.717, 1.165) is 0 Å². The molecule has 1 aromatic carbocycles. The van der Waals surface area contributed by atoms with Gasteiger partial charge in [0, 0.05) is 22.8 Å². The van der Waals surface area contributed by atoms with Gasteiger partial charge >= 0.3 is 0 Å². The Bertz CT molecular complexity index is 953. The number of aromatic nitrogens is 2. The lowest BCUT2D eigenvalue weighted by atomic mass is 10.2. The van der Waals surface area contributed by atoms with E-state index in [9.17, 15) is 8.42 Å². The van der Waals surface area contributed by atoms with Gasteiger partial charge in [0.1, 0.15) is 5.82 Å². The van der Waals surface area contributed by atoms with Crippen LogP contribution in [-0.4, -0.2) is 31.8 Å². The van der Waals surface area contributed by atoms with E-state index in [4.69, 9.17) is 4.74 Å². The lowest BCUT2D eigenvalue weighted by molar-refractivity contribution is 0.398. The van der Waals surface area contributed by atoms with Gasteiger partial charge in [-0.05, 0) is 35.7 Å². The third-order valence-electron chi connectivity index (χ3n) is 3.48. The second-order valence-corrected chi connectivity index (χ2v) is 8.40. The Hall–Kier alpha value is -2.45. The van der Waals surface area contributed by atoms with Crippen LogP contribution < -0.4 is 10.1 Å².